The first-order valence-electron chi connectivity index (χ1n) is 13.4. The fourth-order valence-corrected chi connectivity index (χ4v) is 5.62. The molecule has 1 saturated heterocycles. The second-order valence-electron chi connectivity index (χ2n) is 10.3. The normalized spacial score (nSPS) is 15.1. The van der Waals surface area contributed by atoms with Crippen LogP contribution in [-0.4, -0.2) is 39.2 Å². The van der Waals surface area contributed by atoms with Gasteiger partial charge in [0.2, 0.25) is 5.91 Å². The largest absolute Gasteiger partial charge is 0.489 e. The third kappa shape index (κ3) is 5.38. The quantitative estimate of drug-likeness (QED) is 0.284. The zero-order valence-corrected chi connectivity index (χ0v) is 23.5. The van der Waals surface area contributed by atoms with Gasteiger partial charge >= 0.3 is 6.03 Å². The summed E-state index contributed by atoms with van der Waals surface area (Å²) < 4.78 is 21.7. The number of nitrogens with zero attached hydrogens (tertiary/aromatic N) is 4. The lowest BCUT2D eigenvalue weighted by molar-refractivity contribution is -0.120. The van der Waals surface area contributed by atoms with Crippen LogP contribution in [0.15, 0.2) is 60.8 Å². The van der Waals surface area contributed by atoms with Gasteiger partial charge in [-0.1, -0.05) is 35.9 Å². The Morgan fingerprint density at radius 3 is 2.71 bits per heavy atom. The molecular formula is C31H27ClFN5O4. The summed E-state index contributed by atoms with van der Waals surface area (Å²) in [5, 5.41) is 2.63. The molecule has 3 aromatic carbocycles. The van der Waals surface area contributed by atoms with E-state index in [0.717, 1.165) is 29.5 Å². The molecule has 4 aromatic rings. The van der Waals surface area contributed by atoms with Crippen molar-refractivity contribution in [2.75, 3.05) is 11.4 Å². The highest BCUT2D eigenvalue weighted by molar-refractivity contribution is 6.31. The molecule has 9 nitrogen and oxygen atoms in total. The lowest BCUT2D eigenvalue weighted by Gasteiger charge is -2.26. The minimum atomic E-state index is -0.450. The molecular weight excluding hydrogens is 561 g/mol. The van der Waals surface area contributed by atoms with Crippen molar-refractivity contribution in [3.05, 3.63) is 99.5 Å². The molecule has 214 valence electrons. The number of amides is 3. The molecule has 2 aliphatic rings. The van der Waals surface area contributed by atoms with Crippen molar-refractivity contribution in [3.8, 4) is 17.1 Å². The van der Waals surface area contributed by atoms with Crippen molar-refractivity contribution in [1.29, 1.82) is 0 Å². The molecule has 6 rings (SSSR count). The molecule has 3 heterocycles. The van der Waals surface area contributed by atoms with Crippen LogP contribution in [0.4, 0.5) is 15.0 Å². The fraction of sp³-hybridized carbons (Fsp3) is 0.226. The highest BCUT2D eigenvalue weighted by Crippen LogP contribution is 2.32. The third-order valence-corrected chi connectivity index (χ3v) is 7.98. The molecule has 42 heavy (non-hydrogen) atoms. The van der Waals surface area contributed by atoms with Gasteiger partial charge in [-0.25, -0.2) is 14.2 Å². The van der Waals surface area contributed by atoms with Crippen LogP contribution in [0.5, 0.6) is 5.75 Å². The first kappa shape index (κ1) is 27.6. The topological polar surface area (TPSA) is 96.8 Å². The van der Waals surface area contributed by atoms with Crippen LogP contribution in [0.2, 0.25) is 5.02 Å². The number of aromatic nitrogens is 2. The van der Waals surface area contributed by atoms with Gasteiger partial charge in [0.25, 0.3) is 0 Å². The number of urea groups is 1. The Bertz CT molecular complexity index is 1700. The number of anilines is 1. The summed E-state index contributed by atoms with van der Waals surface area (Å²) in [7, 11) is 1.85. The van der Waals surface area contributed by atoms with E-state index >= 15 is 0 Å². The van der Waals surface area contributed by atoms with Gasteiger partial charge in [0.1, 0.15) is 29.8 Å². The Hall–Kier alpha value is -4.54. The van der Waals surface area contributed by atoms with Crippen molar-refractivity contribution in [1.82, 2.24) is 19.8 Å². The number of carbonyl (C=O) groups excluding carboxylic acids is 3. The lowest BCUT2D eigenvalue weighted by atomic mass is 10.1. The number of rotatable bonds is 8. The number of fused-ring (bicyclic) bond motifs is 1. The van der Waals surface area contributed by atoms with E-state index in [2.05, 4.69) is 27.3 Å². The Labute approximate surface area is 246 Å². The van der Waals surface area contributed by atoms with Crippen molar-refractivity contribution < 1.29 is 23.5 Å². The van der Waals surface area contributed by atoms with E-state index in [1.807, 2.05) is 23.7 Å². The summed E-state index contributed by atoms with van der Waals surface area (Å²) in [4.78, 5) is 44.1. The standard InChI is InChI=1S/C31H27ClFN5O4/c1-36-29(38-10-9-28(40)35-31(38)41)13-34-30(36)19-5-6-20-14-37(16-22(20)11-19)15-21-7-8-24(12-23(21)17-39)42-18-25-26(32)3-2-4-27(25)33/h2-8,11-13,17H,9-10,14-16,18H2,1H3,(H,35,40,41). The number of hydrogen-bond acceptors (Lipinski definition) is 6. The van der Waals surface area contributed by atoms with E-state index in [0.29, 0.717) is 42.6 Å². The summed E-state index contributed by atoms with van der Waals surface area (Å²) in [6.45, 7) is 2.24. The molecule has 1 N–H and O–H groups in total. The summed E-state index contributed by atoms with van der Waals surface area (Å²) in [5.41, 5.74) is 4.90. The first-order chi connectivity index (χ1) is 20.3. The number of halogens is 2. The van der Waals surface area contributed by atoms with Crippen LogP contribution >= 0.6 is 11.6 Å². The monoisotopic (exact) mass is 587 g/mol. The fourth-order valence-electron chi connectivity index (χ4n) is 5.40. The molecule has 0 bridgehead atoms. The van der Waals surface area contributed by atoms with Gasteiger partial charge in [0.05, 0.1) is 11.2 Å². The van der Waals surface area contributed by atoms with E-state index in [9.17, 15) is 18.8 Å². The molecule has 1 fully saturated rings. The van der Waals surface area contributed by atoms with Gasteiger partial charge in [-0.3, -0.25) is 24.7 Å². The molecule has 2 aliphatic heterocycles. The lowest BCUT2D eigenvalue weighted by Crippen LogP contribution is -2.50. The zero-order valence-electron chi connectivity index (χ0n) is 22.8. The second-order valence-corrected chi connectivity index (χ2v) is 10.8. The molecule has 3 amide bonds. The second kappa shape index (κ2) is 11.4. The molecule has 0 radical (unpaired) electrons. The number of imidazole rings is 1. The van der Waals surface area contributed by atoms with Gasteiger partial charge in [0.15, 0.2) is 6.29 Å². The maximum atomic E-state index is 14.1. The Balaban J connectivity index is 1.14. The third-order valence-electron chi connectivity index (χ3n) is 7.63. The van der Waals surface area contributed by atoms with Crippen molar-refractivity contribution >= 4 is 35.6 Å². The number of hydrogen-bond donors (Lipinski definition) is 1. The van der Waals surface area contributed by atoms with Crippen molar-refractivity contribution in [2.45, 2.75) is 32.7 Å². The molecule has 0 spiro atoms. The van der Waals surface area contributed by atoms with Gasteiger partial charge in [-0.05, 0) is 47.0 Å². The van der Waals surface area contributed by atoms with Crippen molar-refractivity contribution in [3.63, 3.8) is 0 Å². The average Bonchev–Trinajstić information content (AvgIpc) is 3.55. The van der Waals surface area contributed by atoms with E-state index < -0.39 is 11.8 Å². The van der Waals surface area contributed by atoms with Gasteiger partial charge in [0, 0.05) is 56.3 Å². The van der Waals surface area contributed by atoms with E-state index in [-0.39, 0.29) is 29.5 Å². The minimum absolute atomic E-state index is 0.0463. The molecule has 0 aliphatic carbocycles. The van der Waals surface area contributed by atoms with Crippen LogP contribution < -0.4 is 15.0 Å². The van der Waals surface area contributed by atoms with Crippen LogP contribution in [0.1, 0.15) is 39.0 Å². The van der Waals surface area contributed by atoms with Crippen LogP contribution in [-0.2, 0) is 38.1 Å². The van der Waals surface area contributed by atoms with E-state index in [4.69, 9.17) is 16.3 Å². The minimum Gasteiger partial charge on any atom is -0.489 e. The number of aldehydes is 1. The van der Waals surface area contributed by atoms with Crippen LogP contribution in [0.3, 0.4) is 0 Å². The smallest absolute Gasteiger partial charge is 0.329 e. The van der Waals surface area contributed by atoms with E-state index in [1.165, 1.54) is 22.6 Å². The maximum Gasteiger partial charge on any atom is 0.329 e. The van der Waals surface area contributed by atoms with Gasteiger partial charge in [-0.15, -0.1) is 0 Å². The molecule has 0 saturated carbocycles. The first-order valence-corrected chi connectivity index (χ1v) is 13.8. The molecule has 0 atom stereocenters. The number of ether oxygens (including phenoxy) is 1. The number of carbonyl (C=O) groups is 3. The van der Waals surface area contributed by atoms with Gasteiger partial charge < -0.3 is 9.30 Å². The molecule has 0 unspecified atom stereocenters. The highest BCUT2D eigenvalue weighted by atomic mass is 35.5. The Kier molecular flexibility index (Phi) is 7.49. The summed E-state index contributed by atoms with van der Waals surface area (Å²) in [6, 6.07) is 15.5. The Morgan fingerprint density at radius 1 is 1.10 bits per heavy atom. The number of nitrogens with one attached hydrogen (secondary N) is 1. The van der Waals surface area contributed by atoms with Crippen molar-refractivity contribution in [2.24, 2.45) is 7.05 Å². The average molecular weight is 588 g/mol. The SMILES string of the molecule is Cn1c(N2CCC(=O)NC2=O)cnc1-c1ccc2c(c1)CN(Cc1ccc(OCc3c(F)cccc3Cl)cc1C=O)C2. The summed E-state index contributed by atoms with van der Waals surface area (Å²) in [6.07, 6.45) is 2.69. The molecule has 11 heteroatoms. The van der Waals surface area contributed by atoms with Gasteiger partial charge in [-0.2, -0.15) is 0 Å². The zero-order chi connectivity index (χ0) is 29.4. The highest BCUT2D eigenvalue weighted by Gasteiger charge is 2.28. The number of benzene rings is 3. The van der Waals surface area contributed by atoms with Crippen LogP contribution in [0, 0.1) is 5.82 Å². The predicted molar refractivity (Wildman–Crippen MR) is 155 cm³/mol. The predicted octanol–water partition coefficient (Wildman–Crippen LogP) is 5.23. The Morgan fingerprint density at radius 2 is 1.93 bits per heavy atom. The number of imide groups is 1. The van der Waals surface area contributed by atoms with Crippen LogP contribution in [0.25, 0.3) is 11.4 Å². The molecule has 1 aromatic heterocycles. The summed E-state index contributed by atoms with van der Waals surface area (Å²) >= 11 is 6.10. The maximum absolute atomic E-state index is 14.1. The summed E-state index contributed by atoms with van der Waals surface area (Å²) in [5.74, 6) is 1.06. The van der Waals surface area contributed by atoms with E-state index in [1.54, 1.807) is 24.4 Å².